The maximum absolute atomic E-state index is 12.9. The van der Waals surface area contributed by atoms with Crippen LogP contribution in [0.15, 0.2) is 22.7 Å². The molecular weight excluding hydrogens is 366 g/mol. The van der Waals surface area contributed by atoms with E-state index >= 15 is 0 Å². The van der Waals surface area contributed by atoms with Crippen molar-refractivity contribution >= 4 is 28.0 Å². The van der Waals surface area contributed by atoms with E-state index in [1.54, 1.807) is 0 Å². The number of pyridine rings is 1. The summed E-state index contributed by atoms with van der Waals surface area (Å²) in [6, 6.07) is 6.02. The average Bonchev–Trinajstić information content (AvgIpc) is 3.24. The monoisotopic (exact) mass is 391 g/mol. The number of hydrogen-bond donors (Lipinski definition) is 2. The number of carbonyl (C=O) groups is 1. The predicted molar refractivity (Wildman–Crippen MR) is 112 cm³/mol. The van der Waals surface area contributed by atoms with Gasteiger partial charge in [0.1, 0.15) is 5.82 Å². The summed E-state index contributed by atoms with van der Waals surface area (Å²) in [4.78, 5) is 25.4. The fourth-order valence-electron chi connectivity index (χ4n) is 3.42. The van der Waals surface area contributed by atoms with Gasteiger partial charge in [0.25, 0.3) is 11.6 Å². The van der Waals surface area contributed by atoms with E-state index in [0.29, 0.717) is 35.3 Å². The van der Waals surface area contributed by atoms with Gasteiger partial charge in [0.15, 0.2) is 0 Å². The van der Waals surface area contributed by atoms with Crippen molar-refractivity contribution < 1.29 is 9.32 Å². The summed E-state index contributed by atoms with van der Waals surface area (Å²) in [7, 11) is 0. The number of aromatic nitrogens is 4. The SMILES string of the molecule is Cc1cc2nc(CCNC(=O)c3cc(C(C)C)nc4onc(C)c34)[nH]c2cc1C. The van der Waals surface area contributed by atoms with Gasteiger partial charge < -0.3 is 14.8 Å². The Balaban J connectivity index is 1.52. The molecule has 0 saturated carbocycles. The van der Waals surface area contributed by atoms with Crippen molar-refractivity contribution in [1.82, 2.24) is 25.4 Å². The minimum absolute atomic E-state index is 0.159. The van der Waals surface area contributed by atoms with Gasteiger partial charge in [0.05, 0.1) is 27.7 Å². The van der Waals surface area contributed by atoms with Crippen molar-refractivity contribution in [3.05, 3.63) is 52.1 Å². The first-order valence-corrected chi connectivity index (χ1v) is 9.84. The number of H-pyrrole nitrogens is 1. The second-order valence-corrected chi connectivity index (χ2v) is 7.84. The number of nitrogens with zero attached hydrogens (tertiary/aromatic N) is 3. The van der Waals surface area contributed by atoms with Crippen molar-refractivity contribution in [3.63, 3.8) is 0 Å². The summed E-state index contributed by atoms with van der Waals surface area (Å²) < 4.78 is 5.30. The lowest BCUT2D eigenvalue weighted by Crippen LogP contribution is -2.26. The first kappa shape index (κ1) is 19.1. The highest BCUT2D eigenvalue weighted by molar-refractivity contribution is 6.06. The number of aryl methyl sites for hydroxylation is 3. The highest BCUT2D eigenvalue weighted by Crippen LogP contribution is 2.25. The number of amides is 1. The van der Waals surface area contributed by atoms with E-state index in [2.05, 4.69) is 51.4 Å². The third-order valence-electron chi connectivity index (χ3n) is 5.27. The molecule has 1 aromatic carbocycles. The zero-order valence-electron chi connectivity index (χ0n) is 17.4. The Kier molecular flexibility index (Phi) is 4.82. The molecule has 3 aromatic heterocycles. The van der Waals surface area contributed by atoms with Crippen LogP contribution in [0.1, 0.15) is 58.5 Å². The Hall–Kier alpha value is -3.22. The molecule has 0 atom stereocenters. The summed E-state index contributed by atoms with van der Waals surface area (Å²) in [5, 5.41) is 7.63. The third kappa shape index (κ3) is 3.60. The quantitative estimate of drug-likeness (QED) is 0.533. The number of hydrogen-bond acceptors (Lipinski definition) is 5. The molecule has 7 heteroatoms. The fourth-order valence-corrected chi connectivity index (χ4v) is 3.42. The summed E-state index contributed by atoms with van der Waals surface area (Å²) in [6.07, 6.45) is 0.617. The Bertz CT molecular complexity index is 1180. The molecular formula is C22H25N5O2. The van der Waals surface area contributed by atoms with Gasteiger partial charge in [-0.15, -0.1) is 0 Å². The number of aromatic amines is 1. The minimum atomic E-state index is -0.159. The maximum atomic E-state index is 12.9. The average molecular weight is 391 g/mol. The van der Waals surface area contributed by atoms with E-state index in [0.717, 1.165) is 22.6 Å². The minimum Gasteiger partial charge on any atom is -0.352 e. The van der Waals surface area contributed by atoms with Crippen LogP contribution < -0.4 is 5.32 Å². The fraction of sp³-hybridized carbons (Fsp3) is 0.364. The van der Waals surface area contributed by atoms with E-state index in [1.165, 1.54) is 11.1 Å². The van der Waals surface area contributed by atoms with E-state index in [4.69, 9.17) is 4.52 Å². The molecule has 4 aromatic rings. The van der Waals surface area contributed by atoms with Crippen LogP contribution in [0.4, 0.5) is 0 Å². The molecule has 0 spiro atoms. The lowest BCUT2D eigenvalue weighted by atomic mass is 10.0. The van der Waals surface area contributed by atoms with Crippen molar-refractivity contribution in [2.75, 3.05) is 6.54 Å². The molecule has 0 aliphatic heterocycles. The molecule has 0 aliphatic rings. The molecule has 2 N–H and O–H groups in total. The van der Waals surface area contributed by atoms with Gasteiger partial charge in [-0.1, -0.05) is 19.0 Å². The van der Waals surface area contributed by atoms with Crippen LogP contribution in [-0.2, 0) is 6.42 Å². The smallest absolute Gasteiger partial charge is 0.259 e. The summed E-state index contributed by atoms with van der Waals surface area (Å²) >= 11 is 0. The zero-order valence-corrected chi connectivity index (χ0v) is 17.4. The number of rotatable bonds is 5. The maximum Gasteiger partial charge on any atom is 0.259 e. The first-order valence-electron chi connectivity index (χ1n) is 9.84. The standard InChI is InChI=1S/C22H25N5O2/c1-11(2)16-10-15(20-14(5)27-29-22(20)26-16)21(28)23-7-6-19-24-17-8-12(3)13(4)9-18(17)25-19/h8-11H,6-7H2,1-5H3,(H,23,28)(H,24,25). The lowest BCUT2D eigenvalue weighted by Gasteiger charge is -2.09. The van der Waals surface area contributed by atoms with Crippen LogP contribution >= 0.6 is 0 Å². The molecule has 0 aliphatic carbocycles. The van der Waals surface area contributed by atoms with E-state index < -0.39 is 0 Å². The molecule has 150 valence electrons. The Morgan fingerprint density at radius 2 is 1.90 bits per heavy atom. The number of nitrogens with one attached hydrogen (secondary N) is 2. The van der Waals surface area contributed by atoms with Gasteiger partial charge in [-0.2, -0.15) is 0 Å². The van der Waals surface area contributed by atoms with Crippen LogP contribution in [0.2, 0.25) is 0 Å². The third-order valence-corrected chi connectivity index (χ3v) is 5.27. The molecule has 4 rings (SSSR count). The molecule has 7 nitrogen and oxygen atoms in total. The second kappa shape index (κ2) is 7.31. The van der Waals surface area contributed by atoms with Crippen LogP contribution in [0.25, 0.3) is 22.1 Å². The lowest BCUT2D eigenvalue weighted by molar-refractivity contribution is 0.0955. The van der Waals surface area contributed by atoms with Crippen molar-refractivity contribution in [3.8, 4) is 0 Å². The number of fused-ring (bicyclic) bond motifs is 2. The molecule has 0 saturated heterocycles. The summed E-state index contributed by atoms with van der Waals surface area (Å²) in [6.45, 7) is 10.5. The van der Waals surface area contributed by atoms with Gasteiger partial charge in [-0.25, -0.2) is 9.97 Å². The molecule has 3 heterocycles. The van der Waals surface area contributed by atoms with Crippen molar-refractivity contribution in [1.29, 1.82) is 0 Å². The van der Waals surface area contributed by atoms with Crippen LogP contribution in [-0.4, -0.2) is 32.6 Å². The van der Waals surface area contributed by atoms with E-state index in [9.17, 15) is 4.79 Å². The summed E-state index contributed by atoms with van der Waals surface area (Å²) in [5.74, 6) is 0.876. The first-order chi connectivity index (χ1) is 13.8. The number of imidazole rings is 1. The van der Waals surface area contributed by atoms with E-state index in [1.807, 2.05) is 26.8 Å². The molecule has 29 heavy (non-hydrogen) atoms. The van der Waals surface area contributed by atoms with Gasteiger partial charge in [-0.3, -0.25) is 4.79 Å². The largest absolute Gasteiger partial charge is 0.352 e. The molecule has 0 radical (unpaired) electrons. The molecule has 0 unspecified atom stereocenters. The van der Waals surface area contributed by atoms with Crippen molar-refractivity contribution in [2.24, 2.45) is 0 Å². The highest BCUT2D eigenvalue weighted by atomic mass is 16.5. The zero-order chi connectivity index (χ0) is 20.7. The van der Waals surface area contributed by atoms with Gasteiger partial charge in [-0.05, 0) is 56.0 Å². The van der Waals surface area contributed by atoms with Gasteiger partial charge in [0, 0.05) is 18.7 Å². The summed E-state index contributed by atoms with van der Waals surface area (Å²) in [5.41, 5.74) is 6.84. The second-order valence-electron chi connectivity index (χ2n) is 7.84. The number of carbonyl (C=O) groups excluding carboxylic acids is 1. The van der Waals surface area contributed by atoms with Gasteiger partial charge in [0.2, 0.25) is 0 Å². The van der Waals surface area contributed by atoms with Gasteiger partial charge >= 0.3 is 0 Å². The molecule has 0 fully saturated rings. The van der Waals surface area contributed by atoms with Crippen LogP contribution in [0, 0.1) is 20.8 Å². The Labute approximate surface area is 168 Å². The molecule has 1 amide bonds. The molecule has 0 bridgehead atoms. The Morgan fingerprint density at radius 3 is 2.66 bits per heavy atom. The van der Waals surface area contributed by atoms with Crippen LogP contribution in [0.5, 0.6) is 0 Å². The predicted octanol–water partition coefficient (Wildman–Crippen LogP) is 4.12. The van der Waals surface area contributed by atoms with Crippen molar-refractivity contribution in [2.45, 2.75) is 47.0 Å². The van der Waals surface area contributed by atoms with Crippen LogP contribution in [0.3, 0.4) is 0 Å². The normalized spacial score (nSPS) is 11.7. The topological polar surface area (TPSA) is 96.7 Å². The van der Waals surface area contributed by atoms with E-state index in [-0.39, 0.29) is 11.8 Å². The number of benzene rings is 1. The Morgan fingerprint density at radius 1 is 1.14 bits per heavy atom. The highest BCUT2D eigenvalue weighted by Gasteiger charge is 2.19.